The zero-order chi connectivity index (χ0) is 19.9. The lowest BCUT2D eigenvalue weighted by Crippen LogP contribution is -2.31. The summed E-state index contributed by atoms with van der Waals surface area (Å²) in [7, 11) is 0. The molecule has 1 atom stereocenters. The fourth-order valence-corrected chi connectivity index (χ4v) is 3.25. The number of aromatic nitrogens is 1. The van der Waals surface area contributed by atoms with Crippen LogP contribution in [-0.4, -0.2) is 47.5 Å². The second kappa shape index (κ2) is 9.37. The molecule has 6 nitrogen and oxygen atoms in total. The Hall–Kier alpha value is -2.86. The minimum Gasteiger partial charge on any atom is -0.463 e. The van der Waals surface area contributed by atoms with E-state index in [2.05, 4.69) is 10.3 Å². The first kappa shape index (κ1) is 19.9. The molecule has 1 amide bonds. The summed E-state index contributed by atoms with van der Waals surface area (Å²) in [5.41, 5.74) is 1.40. The third kappa shape index (κ3) is 5.10. The largest absolute Gasteiger partial charge is 0.463 e. The topological polar surface area (TPSA) is 71.5 Å². The molecule has 3 rings (SSSR count). The Balaban J connectivity index is 1.59. The second-order valence-corrected chi connectivity index (χ2v) is 6.84. The zero-order valence-corrected chi connectivity index (χ0v) is 16.4. The van der Waals surface area contributed by atoms with Crippen molar-refractivity contribution < 1.29 is 14.3 Å². The number of rotatable bonds is 6. The van der Waals surface area contributed by atoms with Gasteiger partial charge in [0.15, 0.2) is 0 Å². The number of hydrogen-bond donors (Lipinski definition) is 1. The molecule has 2 aromatic rings. The van der Waals surface area contributed by atoms with Crippen LogP contribution in [0.25, 0.3) is 6.08 Å². The fourth-order valence-electron chi connectivity index (χ4n) is 3.02. The zero-order valence-electron chi connectivity index (χ0n) is 15.6. The quantitative estimate of drug-likeness (QED) is 0.593. The van der Waals surface area contributed by atoms with Crippen molar-refractivity contribution in [2.45, 2.75) is 19.4 Å². The van der Waals surface area contributed by atoms with Crippen molar-refractivity contribution in [2.24, 2.45) is 0 Å². The molecular weight excluding hydrogens is 378 g/mol. The van der Waals surface area contributed by atoms with E-state index in [1.165, 1.54) is 6.08 Å². The number of amides is 1. The molecule has 1 fully saturated rings. The van der Waals surface area contributed by atoms with Crippen LogP contribution in [0, 0.1) is 0 Å². The molecule has 7 heteroatoms. The third-order valence-electron chi connectivity index (χ3n) is 4.40. The van der Waals surface area contributed by atoms with E-state index in [0.717, 1.165) is 6.42 Å². The first-order valence-corrected chi connectivity index (χ1v) is 9.56. The van der Waals surface area contributed by atoms with Crippen molar-refractivity contribution >= 4 is 35.4 Å². The first-order chi connectivity index (χ1) is 13.6. The molecule has 0 spiro atoms. The third-order valence-corrected chi connectivity index (χ3v) is 4.69. The van der Waals surface area contributed by atoms with Crippen LogP contribution in [0.1, 0.15) is 29.3 Å². The van der Waals surface area contributed by atoms with Gasteiger partial charge in [-0.15, -0.1) is 0 Å². The average molecular weight is 400 g/mol. The predicted molar refractivity (Wildman–Crippen MR) is 109 cm³/mol. The van der Waals surface area contributed by atoms with Gasteiger partial charge in [0.2, 0.25) is 0 Å². The van der Waals surface area contributed by atoms with Crippen LogP contribution in [0.3, 0.4) is 0 Å². The van der Waals surface area contributed by atoms with Crippen LogP contribution in [0.4, 0.5) is 5.82 Å². The Morgan fingerprint density at radius 2 is 2.14 bits per heavy atom. The van der Waals surface area contributed by atoms with Crippen LogP contribution >= 0.6 is 11.6 Å². The number of likely N-dealkylation sites (tertiary alicyclic amines) is 1. The van der Waals surface area contributed by atoms with Gasteiger partial charge in [0.05, 0.1) is 11.6 Å². The highest BCUT2D eigenvalue weighted by atomic mass is 35.5. The summed E-state index contributed by atoms with van der Waals surface area (Å²) < 4.78 is 4.84. The van der Waals surface area contributed by atoms with Gasteiger partial charge in [0, 0.05) is 37.0 Å². The molecule has 146 valence electrons. The Labute approximate surface area is 169 Å². The van der Waals surface area contributed by atoms with Gasteiger partial charge in [-0.3, -0.25) is 4.79 Å². The smallest absolute Gasteiger partial charge is 0.330 e. The molecule has 0 unspecified atom stereocenters. The van der Waals surface area contributed by atoms with Crippen molar-refractivity contribution in [2.75, 3.05) is 25.0 Å². The lowest BCUT2D eigenvalue weighted by molar-refractivity contribution is -0.137. The van der Waals surface area contributed by atoms with Gasteiger partial charge in [-0.25, -0.2) is 9.78 Å². The lowest BCUT2D eigenvalue weighted by Gasteiger charge is -2.18. The fraction of sp³-hybridized carbons (Fsp3) is 0.286. The Morgan fingerprint density at radius 1 is 1.36 bits per heavy atom. The summed E-state index contributed by atoms with van der Waals surface area (Å²) in [5, 5.41) is 3.76. The van der Waals surface area contributed by atoms with Crippen LogP contribution in [0.5, 0.6) is 0 Å². The van der Waals surface area contributed by atoms with Crippen LogP contribution < -0.4 is 5.32 Å². The number of esters is 1. The highest BCUT2D eigenvalue weighted by Gasteiger charge is 2.27. The summed E-state index contributed by atoms with van der Waals surface area (Å²) in [5.74, 6) is 0.187. The Kier molecular flexibility index (Phi) is 6.66. The summed E-state index contributed by atoms with van der Waals surface area (Å²) in [6.07, 6.45) is 5.40. The van der Waals surface area contributed by atoms with E-state index < -0.39 is 5.97 Å². The van der Waals surface area contributed by atoms with Crippen LogP contribution in [0.2, 0.25) is 5.02 Å². The molecule has 0 bridgehead atoms. The van der Waals surface area contributed by atoms with E-state index in [0.29, 0.717) is 41.7 Å². The second-order valence-electron chi connectivity index (χ2n) is 6.43. The van der Waals surface area contributed by atoms with Crippen molar-refractivity contribution in [3.05, 3.63) is 64.8 Å². The number of nitrogens with zero attached hydrogens (tertiary/aromatic N) is 2. The molecule has 1 aliphatic heterocycles. The number of benzene rings is 1. The molecule has 1 N–H and O–H groups in total. The molecule has 0 radical (unpaired) electrons. The normalized spacial score (nSPS) is 16.4. The standard InChI is InChI=1S/C21H22ClN3O3/c1-2-28-19(26)9-8-15-12-18(22)20(23-13-15)24-17-10-11-25(14-17)21(27)16-6-4-3-5-7-16/h3-9,12-13,17H,2,10-11,14H2,1H3,(H,23,24)/t17-/m1/s1. The number of anilines is 1. The van der Waals surface area contributed by atoms with Crippen molar-refractivity contribution in [3.8, 4) is 0 Å². The average Bonchev–Trinajstić information content (AvgIpc) is 3.17. The summed E-state index contributed by atoms with van der Waals surface area (Å²) in [4.78, 5) is 30.1. The van der Waals surface area contributed by atoms with Crippen molar-refractivity contribution in [1.29, 1.82) is 0 Å². The number of halogens is 1. The Bertz CT molecular complexity index is 870. The van der Waals surface area contributed by atoms with Gasteiger partial charge in [-0.1, -0.05) is 29.8 Å². The van der Waals surface area contributed by atoms with E-state index in [4.69, 9.17) is 16.3 Å². The minimum atomic E-state index is -0.407. The predicted octanol–water partition coefficient (Wildman–Crippen LogP) is 3.64. The van der Waals surface area contributed by atoms with Gasteiger partial charge in [-0.05, 0) is 43.2 Å². The lowest BCUT2D eigenvalue weighted by atomic mass is 10.2. The minimum absolute atomic E-state index is 0.0309. The van der Waals surface area contributed by atoms with Gasteiger partial charge < -0.3 is 15.0 Å². The summed E-state index contributed by atoms with van der Waals surface area (Å²) in [6.45, 7) is 3.36. The molecule has 1 aromatic heterocycles. The van der Waals surface area contributed by atoms with E-state index in [-0.39, 0.29) is 11.9 Å². The molecule has 0 saturated carbocycles. The molecule has 1 aliphatic rings. The monoisotopic (exact) mass is 399 g/mol. The number of nitrogens with one attached hydrogen (secondary N) is 1. The maximum atomic E-state index is 12.5. The molecule has 0 aliphatic carbocycles. The van der Waals surface area contributed by atoms with Gasteiger partial charge in [0.25, 0.3) is 5.91 Å². The van der Waals surface area contributed by atoms with E-state index in [1.807, 2.05) is 35.2 Å². The molecule has 1 aromatic carbocycles. The number of carbonyl (C=O) groups excluding carboxylic acids is 2. The SMILES string of the molecule is CCOC(=O)C=Cc1cnc(N[C@@H]2CCN(C(=O)c3ccccc3)C2)c(Cl)c1. The number of pyridine rings is 1. The van der Waals surface area contributed by atoms with Crippen LogP contribution in [-0.2, 0) is 9.53 Å². The first-order valence-electron chi connectivity index (χ1n) is 9.18. The van der Waals surface area contributed by atoms with Crippen LogP contribution in [0.15, 0.2) is 48.7 Å². The number of ether oxygens (including phenoxy) is 1. The van der Waals surface area contributed by atoms with Gasteiger partial charge in [0.1, 0.15) is 5.82 Å². The summed E-state index contributed by atoms with van der Waals surface area (Å²) >= 11 is 6.32. The number of carbonyl (C=O) groups is 2. The Morgan fingerprint density at radius 3 is 2.86 bits per heavy atom. The van der Waals surface area contributed by atoms with Crippen molar-refractivity contribution in [1.82, 2.24) is 9.88 Å². The maximum Gasteiger partial charge on any atom is 0.330 e. The highest BCUT2D eigenvalue weighted by Crippen LogP contribution is 2.24. The van der Waals surface area contributed by atoms with E-state index >= 15 is 0 Å². The molecule has 2 heterocycles. The highest BCUT2D eigenvalue weighted by molar-refractivity contribution is 6.33. The number of hydrogen-bond acceptors (Lipinski definition) is 5. The molecular formula is C21H22ClN3O3. The van der Waals surface area contributed by atoms with Gasteiger partial charge >= 0.3 is 5.97 Å². The summed E-state index contributed by atoms with van der Waals surface area (Å²) in [6, 6.07) is 11.1. The maximum absolute atomic E-state index is 12.5. The van der Waals surface area contributed by atoms with Crippen molar-refractivity contribution in [3.63, 3.8) is 0 Å². The molecule has 28 heavy (non-hydrogen) atoms. The van der Waals surface area contributed by atoms with E-state index in [1.54, 1.807) is 25.3 Å². The van der Waals surface area contributed by atoms with Gasteiger partial charge in [-0.2, -0.15) is 0 Å². The molecule has 1 saturated heterocycles. The van der Waals surface area contributed by atoms with E-state index in [9.17, 15) is 9.59 Å².